The summed E-state index contributed by atoms with van der Waals surface area (Å²) in [7, 11) is 2.36. The van der Waals surface area contributed by atoms with Crippen LogP contribution in [0.15, 0.2) is 42.7 Å². The average molecular weight is 527 g/mol. The third-order valence-electron chi connectivity index (χ3n) is 7.47. The number of pyridine rings is 2. The first-order valence-electron chi connectivity index (χ1n) is 12.2. The van der Waals surface area contributed by atoms with Gasteiger partial charge in [-0.05, 0) is 84.3 Å². The highest BCUT2D eigenvalue weighted by Crippen LogP contribution is 2.46. The molecule has 0 aliphatic heterocycles. The normalized spacial score (nSPS) is 24.5. The average Bonchev–Trinajstić information content (AvgIpc) is 3.61. The second-order valence-electron chi connectivity index (χ2n) is 10.2. The van der Waals surface area contributed by atoms with E-state index in [-0.39, 0.29) is 34.8 Å². The van der Waals surface area contributed by atoms with Gasteiger partial charge in [-0.15, -0.1) is 9.24 Å². The Morgan fingerprint density at radius 3 is 2.62 bits per heavy atom. The summed E-state index contributed by atoms with van der Waals surface area (Å²) in [5.74, 6) is -2.10. The van der Waals surface area contributed by atoms with E-state index in [1.165, 1.54) is 18.3 Å². The Morgan fingerprint density at radius 1 is 1.19 bits per heavy atom. The van der Waals surface area contributed by atoms with Crippen molar-refractivity contribution in [3.63, 3.8) is 0 Å². The number of carbonyl (C=O) groups is 1. The smallest absolute Gasteiger partial charge is 0.274 e. The summed E-state index contributed by atoms with van der Waals surface area (Å²) in [5, 5.41) is 23.7. The lowest BCUT2D eigenvalue weighted by molar-refractivity contribution is 0.0521. The Kier molecular flexibility index (Phi) is 6.83. The first kappa shape index (κ1) is 25.8. The zero-order valence-electron chi connectivity index (χ0n) is 20.3. The van der Waals surface area contributed by atoms with Crippen LogP contribution in [0.25, 0.3) is 11.3 Å². The van der Waals surface area contributed by atoms with Gasteiger partial charge in [-0.2, -0.15) is 0 Å². The molecule has 37 heavy (non-hydrogen) atoms. The first-order valence-corrected chi connectivity index (χ1v) is 12.8. The molecule has 5 atom stereocenters. The Hall–Kier alpha value is -2.84. The fourth-order valence-electron chi connectivity index (χ4n) is 5.18. The van der Waals surface area contributed by atoms with E-state index in [1.54, 1.807) is 12.3 Å². The van der Waals surface area contributed by atoms with E-state index < -0.39 is 29.2 Å². The summed E-state index contributed by atoms with van der Waals surface area (Å²) in [6.45, 7) is 1.94. The second kappa shape index (κ2) is 9.80. The van der Waals surface area contributed by atoms with Crippen molar-refractivity contribution in [3.05, 3.63) is 71.2 Å². The van der Waals surface area contributed by atoms with Crippen LogP contribution >= 0.6 is 9.24 Å². The van der Waals surface area contributed by atoms with Gasteiger partial charge in [-0.3, -0.25) is 9.78 Å². The fourth-order valence-corrected chi connectivity index (χ4v) is 5.63. The Morgan fingerprint density at radius 2 is 1.95 bits per heavy atom. The number of benzene rings is 1. The molecule has 2 saturated carbocycles. The second-order valence-corrected chi connectivity index (χ2v) is 10.8. The maximum Gasteiger partial charge on any atom is 0.274 e. The molecule has 5 rings (SSSR count). The van der Waals surface area contributed by atoms with Crippen molar-refractivity contribution in [1.29, 1.82) is 0 Å². The number of aliphatic hydroxyl groups excluding tert-OH is 1. The number of carbonyl (C=O) groups excluding carboxylic acids is 1. The molecule has 1 aromatic carbocycles. The van der Waals surface area contributed by atoms with Gasteiger partial charge < -0.3 is 21.3 Å². The number of aromatic nitrogens is 2. The van der Waals surface area contributed by atoms with Gasteiger partial charge >= 0.3 is 0 Å². The van der Waals surface area contributed by atoms with Crippen molar-refractivity contribution in [2.24, 2.45) is 11.7 Å². The molecule has 2 aliphatic carbocycles. The molecule has 2 fully saturated rings. The van der Waals surface area contributed by atoms with Gasteiger partial charge in [-0.1, -0.05) is 6.92 Å². The van der Waals surface area contributed by atoms with Crippen molar-refractivity contribution < 1.29 is 23.8 Å². The highest BCUT2D eigenvalue weighted by Gasteiger charge is 2.43. The molecule has 194 valence electrons. The third kappa shape index (κ3) is 5.01. The summed E-state index contributed by atoms with van der Waals surface area (Å²) < 4.78 is 29.9. The maximum atomic E-state index is 15.1. The van der Waals surface area contributed by atoms with Gasteiger partial charge in [0.25, 0.3) is 5.91 Å². The molecule has 1 amide bonds. The number of amides is 1. The van der Waals surface area contributed by atoms with Crippen LogP contribution in [0, 0.1) is 17.6 Å². The molecule has 3 aromatic rings. The Labute approximate surface area is 215 Å². The van der Waals surface area contributed by atoms with E-state index in [4.69, 9.17) is 5.73 Å². The zero-order valence-corrected chi connectivity index (χ0v) is 21.4. The molecule has 7 nitrogen and oxygen atoms in total. The minimum Gasteiger partial charge on any atom is -0.391 e. The molecule has 0 bridgehead atoms. The van der Waals surface area contributed by atoms with Crippen molar-refractivity contribution in [3.8, 4) is 11.3 Å². The molecule has 10 heteroatoms. The predicted molar refractivity (Wildman–Crippen MR) is 139 cm³/mol. The maximum absolute atomic E-state index is 15.1. The van der Waals surface area contributed by atoms with Crippen LogP contribution in [0.1, 0.15) is 60.1 Å². The van der Waals surface area contributed by atoms with Crippen LogP contribution in [0.5, 0.6) is 0 Å². The van der Waals surface area contributed by atoms with Crippen molar-refractivity contribution >= 4 is 26.1 Å². The Bertz CT molecular complexity index is 1330. The number of nitrogens with two attached hydrogens (primary N) is 1. The third-order valence-corrected chi connectivity index (χ3v) is 7.93. The summed E-state index contributed by atoms with van der Waals surface area (Å²) in [4.78, 5) is 21.5. The number of rotatable bonds is 5. The van der Waals surface area contributed by atoms with E-state index in [1.807, 2.05) is 13.0 Å². The van der Waals surface area contributed by atoms with Crippen LogP contribution in [0.3, 0.4) is 0 Å². The molecule has 0 radical (unpaired) electrons. The lowest BCUT2D eigenvalue weighted by Crippen LogP contribution is -2.44. The van der Waals surface area contributed by atoms with Crippen LogP contribution in [-0.2, 0) is 5.60 Å². The van der Waals surface area contributed by atoms with Gasteiger partial charge in [0.05, 0.1) is 23.6 Å². The van der Waals surface area contributed by atoms with Gasteiger partial charge in [0.1, 0.15) is 23.0 Å². The molecule has 1 unspecified atom stereocenters. The quantitative estimate of drug-likeness (QED) is 0.379. The number of hydrogen-bond donors (Lipinski definition) is 4. The summed E-state index contributed by atoms with van der Waals surface area (Å²) in [6, 6.07) is 6.54. The number of nitrogens with zero attached hydrogens (tertiary/aromatic N) is 2. The number of anilines is 1. The van der Waals surface area contributed by atoms with Gasteiger partial charge in [0, 0.05) is 17.8 Å². The van der Waals surface area contributed by atoms with E-state index in [9.17, 15) is 19.4 Å². The van der Waals surface area contributed by atoms with E-state index in [2.05, 4.69) is 24.5 Å². The zero-order chi connectivity index (χ0) is 26.5. The minimum atomic E-state index is -1.04. The monoisotopic (exact) mass is 526 g/mol. The van der Waals surface area contributed by atoms with Crippen molar-refractivity contribution in [1.82, 2.24) is 9.97 Å². The minimum absolute atomic E-state index is 0.00480. The summed E-state index contributed by atoms with van der Waals surface area (Å²) in [6.07, 6.45) is 4.91. The van der Waals surface area contributed by atoms with E-state index >= 15 is 4.39 Å². The first-order chi connectivity index (χ1) is 17.6. The molecule has 2 aromatic heterocycles. The van der Waals surface area contributed by atoms with Gasteiger partial charge in [0.15, 0.2) is 0 Å². The van der Waals surface area contributed by atoms with E-state index in [0.29, 0.717) is 42.2 Å². The largest absolute Gasteiger partial charge is 0.391 e. The molecule has 2 heterocycles. The predicted octanol–water partition coefficient (Wildman–Crippen LogP) is 3.36. The fraction of sp³-hybridized carbons (Fsp3) is 0.370. The molecule has 0 saturated heterocycles. The van der Waals surface area contributed by atoms with Crippen LogP contribution in [0.4, 0.5) is 14.5 Å². The lowest BCUT2D eigenvalue weighted by atomic mass is 9.74. The number of halogens is 2. The Balaban J connectivity index is 1.43. The molecule has 2 aliphatic rings. The molecular weight excluding hydrogens is 497 g/mol. The van der Waals surface area contributed by atoms with E-state index in [0.717, 1.165) is 11.6 Å². The standard InChI is InChI=1S/C27H29F2N4O3P/c1-13-8-14(9-19(30)25(13)34)16-4-7-31-12-21(16)33-26(35)20-3-2-17(28)24(32-20)23-18(29)10-15(11-22(23)37)27(36)5-6-27/h2-4,7,10-14,19,25,34,36H,5-6,8-9,30,37H2,1H3,(H,33,35)/t13-,14+,19+,25+/m0/s1. The highest BCUT2D eigenvalue weighted by atomic mass is 31.0. The van der Waals surface area contributed by atoms with Crippen molar-refractivity contribution in [2.75, 3.05) is 5.32 Å². The summed E-state index contributed by atoms with van der Waals surface area (Å²) >= 11 is 0. The van der Waals surface area contributed by atoms with Gasteiger partial charge in [0.2, 0.25) is 0 Å². The number of hydrogen-bond acceptors (Lipinski definition) is 6. The molecular formula is C27H29F2N4O3P. The van der Waals surface area contributed by atoms with Crippen LogP contribution in [-0.4, -0.2) is 38.2 Å². The topological polar surface area (TPSA) is 121 Å². The molecule has 0 spiro atoms. The number of nitrogens with one attached hydrogen (secondary N) is 1. The van der Waals surface area contributed by atoms with Gasteiger partial charge in [-0.25, -0.2) is 13.8 Å². The highest BCUT2D eigenvalue weighted by molar-refractivity contribution is 7.28. The van der Waals surface area contributed by atoms with Crippen LogP contribution < -0.4 is 16.4 Å². The lowest BCUT2D eigenvalue weighted by Gasteiger charge is -2.36. The number of aliphatic hydroxyl groups is 2. The van der Waals surface area contributed by atoms with Crippen molar-refractivity contribution in [2.45, 2.75) is 56.3 Å². The molecule has 5 N–H and O–H groups in total. The van der Waals surface area contributed by atoms with Crippen LogP contribution in [0.2, 0.25) is 0 Å². The SMILES string of the molecule is C[C@H]1C[C@@H](c2ccncc2NC(=O)c2ccc(F)c(-c3c(F)cc(C4(O)CC4)cc3P)n2)C[C@@H](N)[C@@H]1O. The summed E-state index contributed by atoms with van der Waals surface area (Å²) in [5.41, 5.74) is 6.37.